The number of nitrogens with zero attached hydrogens (tertiary/aromatic N) is 1. The summed E-state index contributed by atoms with van der Waals surface area (Å²) in [6.07, 6.45) is 3.10. The molecule has 0 radical (unpaired) electrons. The topological polar surface area (TPSA) is 83.6 Å². The van der Waals surface area contributed by atoms with Gasteiger partial charge in [0, 0.05) is 0 Å². The molecule has 2 fully saturated rings. The second-order valence-corrected chi connectivity index (χ2v) is 7.58. The number of fused-ring (bicyclic) bond motifs is 1. The van der Waals surface area contributed by atoms with Crippen LogP contribution in [0.1, 0.15) is 31.2 Å². The zero-order chi connectivity index (χ0) is 15.9. The third-order valence-electron chi connectivity index (χ3n) is 4.38. The monoisotopic (exact) mass is 322 g/mol. The Bertz CT molecular complexity index is 688. The summed E-state index contributed by atoms with van der Waals surface area (Å²) in [4.78, 5) is 26.8. The molecule has 1 saturated carbocycles. The van der Waals surface area contributed by atoms with Gasteiger partial charge in [-0.3, -0.25) is 9.59 Å². The number of hydrogen-bond donors (Lipinski definition) is 1. The zero-order valence-corrected chi connectivity index (χ0v) is 13.1. The van der Waals surface area contributed by atoms with E-state index in [1.807, 2.05) is 6.92 Å². The van der Waals surface area contributed by atoms with Crippen LogP contribution in [0.2, 0.25) is 0 Å². The van der Waals surface area contributed by atoms with Crippen LogP contribution in [0, 0.1) is 18.8 Å². The summed E-state index contributed by atoms with van der Waals surface area (Å²) < 4.78 is 24.7. The predicted octanol–water partition coefficient (Wildman–Crippen LogP) is 1.36. The lowest BCUT2D eigenvalue weighted by atomic mass is 9.81. The van der Waals surface area contributed by atoms with Gasteiger partial charge in [-0.05, 0) is 31.9 Å². The fourth-order valence-electron chi connectivity index (χ4n) is 3.14. The number of imide groups is 1. The Balaban J connectivity index is 1.84. The summed E-state index contributed by atoms with van der Waals surface area (Å²) in [6.45, 7) is 1.85. The Labute approximate surface area is 129 Å². The molecule has 2 aliphatic rings. The molecule has 0 bridgehead atoms. The molecular weight excluding hydrogens is 304 g/mol. The van der Waals surface area contributed by atoms with Crippen molar-refractivity contribution in [1.29, 1.82) is 0 Å². The third kappa shape index (κ3) is 2.55. The van der Waals surface area contributed by atoms with Crippen LogP contribution in [0.3, 0.4) is 0 Å². The van der Waals surface area contributed by atoms with E-state index in [1.165, 1.54) is 12.1 Å². The summed E-state index contributed by atoms with van der Waals surface area (Å²) in [5.41, 5.74) is 0.929. The minimum absolute atomic E-state index is 0.0357. The Hall–Kier alpha value is -1.73. The molecular formula is C15H18N2O4S. The first kappa shape index (κ1) is 15.2. The first-order valence-electron chi connectivity index (χ1n) is 7.37. The van der Waals surface area contributed by atoms with E-state index in [1.54, 1.807) is 12.1 Å². The van der Waals surface area contributed by atoms with Gasteiger partial charge in [0.25, 0.3) is 10.0 Å². The number of nitrogens with one attached hydrogen (secondary N) is 1. The fraction of sp³-hybridized carbons (Fsp3) is 0.467. The van der Waals surface area contributed by atoms with Gasteiger partial charge in [0.2, 0.25) is 11.8 Å². The van der Waals surface area contributed by atoms with Gasteiger partial charge >= 0.3 is 0 Å². The number of hydrogen-bond acceptors (Lipinski definition) is 4. The summed E-state index contributed by atoms with van der Waals surface area (Å²) in [7, 11) is -3.93. The molecule has 1 aliphatic carbocycles. The Morgan fingerprint density at radius 3 is 2.00 bits per heavy atom. The van der Waals surface area contributed by atoms with Crippen molar-refractivity contribution >= 4 is 21.8 Å². The standard InChI is InChI=1S/C15H18N2O4S/c1-10-6-8-11(9-7-10)22(20,21)16-17-14(18)12-4-2-3-5-13(12)15(17)19/h6-9,12-13,16H,2-5H2,1H3/t12-,13-/m1/s1. The van der Waals surface area contributed by atoms with E-state index in [9.17, 15) is 18.0 Å². The average molecular weight is 322 g/mol. The van der Waals surface area contributed by atoms with Gasteiger partial charge in [-0.25, -0.2) is 8.42 Å². The van der Waals surface area contributed by atoms with Gasteiger partial charge in [-0.15, -0.1) is 4.83 Å². The highest BCUT2D eigenvalue weighted by atomic mass is 32.2. The Morgan fingerprint density at radius 2 is 1.50 bits per heavy atom. The van der Waals surface area contributed by atoms with E-state index < -0.39 is 21.8 Å². The molecule has 118 valence electrons. The number of carbonyl (C=O) groups excluding carboxylic acids is 2. The highest BCUT2D eigenvalue weighted by Gasteiger charge is 2.49. The number of amides is 2. The number of aryl methyl sites for hydroxylation is 1. The molecule has 1 aromatic carbocycles. The van der Waals surface area contributed by atoms with Crippen LogP contribution in [0.15, 0.2) is 29.2 Å². The van der Waals surface area contributed by atoms with Crippen LogP contribution in [-0.4, -0.2) is 25.2 Å². The maximum atomic E-state index is 12.3. The van der Waals surface area contributed by atoms with Gasteiger partial charge in [-0.1, -0.05) is 30.5 Å². The number of benzene rings is 1. The van der Waals surface area contributed by atoms with Crippen molar-refractivity contribution in [3.8, 4) is 0 Å². The van der Waals surface area contributed by atoms with Crippen LogP contribution in [0.5, 0.6) is 0 Å². The van der Waals surface area contributed by atoms with Crippen LogP contribution in [0.4, 0.5) is 0 Å². The molecule has 1 aromatic rings. The molecule has 1 N–H and O–H groups in total. The molecule has 0 aromatic heterocycles. The average Bonchev–Trinajstić information content (AvgIpc) is 2.73. The van der Waals surface area contributed by atoms with E-state index in [4.69, 9.17) is 0 Å². The van der Waals surface area contributed by atoms with E-state index >= 15 is 0 Å². The van der Waals surface area contributed by atoms with E-state index in [-0.39, 0.29) is 16.7 Å². The quantitative estimate of drug-likeness (QED) is 0.852. The maximum Gasteiger partial charge on any atom is 0.257 e. The minimum atomic E-state index is -3.93. The van der Waals surface area contributed by atoms with Crippen molar-refractivity contribution in [2.75, 3.05) is 0 Å². The van der Waals surface area contributed by atoms with Gasteiger partial charge in [0.05, 0.1) is 16.7 Å². The van der Waals surface area contributed by atoms with Gasteiger partial charge in [-0.2, -0.15) is 5.01 Å². The van der Waals surface area contributed by atoms with Gasteiger partial charge in [0.1, 0.15) is 0 Å². The molecule has 1 saturated heterocycles. The van der Waals surface area contributed by atoms with E-state index in [0.717, 1.165) is 18.4 Å². The number of rotatable bonds is 3. The minimum Gasteiger partial charge on any atom is -0.273 e. The highest BCUT2D eigenvalue weighted by molar-refractivity contribution is 7.89. The fourth-order valence-corrected chi connectivity index (χ4v) is 4.16. The van der Waals surface area contributed by atoms with E-state index in [0.29, 0.717) is 17.9 Å². The van der Waals surface area contributed by atoms with E-state index in [2.05, 4.69) is 4.83 Å². The first-order valence-corrected chi connectivity index (χ1v) is 8.85. The normalized spacial score (nSPS) is 25.4. The molecule has 1 aliphatic heterocycles. The highest BCUT2D eigenvalue weighted by Crippen LogP contribution is 2.37. The zero-order valence-electron chi connectivity index (χ0n) is 12.3. The van der Waals surface area contributed by atoms with Crippen LogP contribution in [0.25, 0.3) is 0 Å². The smallest absolute Gasteiger partial charge is 0.257 e. The largest absolute Gasteiger partial charge is 0.273 e. The molecule has 0 unspecified atom stereocenters. The summed E-state index contributed by atoms with van der Waals surface area (Å²) in [5.74, 6) is -1.60. The number of carbonyl (C=O) groups is 2. The van der Waals surface area contributed by atoms with Crippen LogP contribution in [-0.2, 0) is 19.6 Å². The first-order chi connectivity index (χ1) is 10.4. The lowest BCUT2D eigenvalue weighted by Crippen LogP contribution is -2.46. The SMILES string of the molecule is Cc1ccc(S(=O)(=O)NN2C(=O)[C@@H]3CCCC[C@H]3C2=O)cc1. The second kappa shape index (κ2) is 5.48. The molecule has 2 atom stereocenters. The molecule has 7 heteroatoms. The van der Waals surface area contributed by atoms with Crippen molar-refractivity contribution in [3.63, 3.8) is 0 Å². The van der Waals surface area contributed by atoms with Gasteiger partial charge in [0.15, 0.2) is 0 Å². The molecule has 1 heterocycles. The molecule has 2 amide bonds. The van der Waals surface area contributed by atoms with Crippen molar-refractivity contribution in [2.45, 2.75) is 37.5 Å². The van der Waals surface area contributed by atoms with Crippen LogP contribution >= 0.6 is 0 Å². The Kier molecular flexibility index (Phi) is 3.78. The molecule has 0 spiro atoms. The van der Waals surface area contributed by atoms with Crippen molar-refractivity contribution in [3.05, 3.63) is 29.8 Å². The summed E-state index contributed by atoms with van der Waals surface area (Å²) in [5, 5.41) is 0.704. The molecule has 6 nitrogen and oxygen atoms in total. The molecule has 22 heavy (non-hydrogen) atoms. The second-order valence-electron chi connectivity index (χ2n) is 5.92. The van der Waals surface area contributed by atoms with Crippen LogP contribution < -0.4 is 4.83 Å². The number of sulfonamides is 1. The van der Waals surface area contributed by atoms with Gasteiger partial charge < -0.3 is 0 Å². The summed E-state index contributed by atoms with van der Waals surface area (Å²) in [6, 6.07) is 6.25. The predicted molar refractivity (Wildman–Crippen MR) is 78.8 cm³/mol. The lowest BCUT2D eigenvalue weighted by molar-refractivity contribution is -0.141. The van der Waals surface area contributed by atoms with Crippen molar-refractivity contribution in [1.82, 2.24) is 9.84 Å². The molecule has 3 rings (SSSR count). The third-order valence-corrected chi connectivity index (χ3v) is 5.70. The number of hydrazine groups is 1. The van der Waals surface area contributed by atoms with Crippen molar-refractivity contribution in [2.24, 2.45) is 11.8 Å². The Morgan fingerprint density at radius 1 is 1.00 bits per heavy atom. The van der Waals surface area contributed by atoms with Crippen molar-refractivity contribution < 1.29 is 18.0 Å². The maximum absolute atomic E-state index is 12.3. The lowest BCUT2D eigenvalue weighted by Gasteiger charge is -2.19. The summed E-state index contributed by atoms with van der Waals surface area (Å²) >= 11 is 0.